The first-order valence-electron chi connectivity index (χ1n) is 3.74. The summed E-state index contributed by atoms with van der Waals surface area (Å²) in [6, 6.07) is 8.05. The van der Waals surface area contributed by atoms with Gasteiger partial charge in [0, 0.05) is 9.61 Å². The van der Waals surface area contributed by atoms with Gasteiger partial charge in [0.05, 0.1) is 0 Å². The Hall–Kier alpha value is -0.250. The molecule has 2 heteroatoms. The van der Waals surface area contributed by atoms with Gasteiger partial charge in [0.25, 0.3) is 0 Å². The van der Waals surface area contributed by atoms with Crippen molar-refractivity contribution < 1.29 is 0 Å². The van der Waals surface area contributed by atoms with E-state index >= 15 is 0 Å². The Bertz CT molecular complexity index is 235. The van der Waals surface area contributed by atoms with Crippen molar-refractivity contribution in [1.29, 1.82) is 0 Å². The van der Waals surface area contributed by atoms with Gasteiger partial charge in [-0.1, -0.05) is 47.7 Å². The molecule has 2 N–H and O–H groups in total. The summed E-state index contributed by atoms with van der Waals surface area (Å²) >= 11 is 2.42. The van der Waals surface area contributed by atoms with Crippen LogP contribution in [0.25, 0.3) is 0 Å². The number of nitrogen functional groups attached to an aromatic ring is 1. The number of para-hydroxylation sites is 1. The Morgan fingerprint density at radius 1 is 1.45 bits per heavy atom. The van der Waals surface area contributed by atoms with Crippen LogP contribution in [0.5, 0.6) is 0 Å². The maximum atomic E-state index is 5.79. The zero-order valence-corrected chi connectivity index (χ0v) is 8.71. The second kappa shape index (κ2) is 3.95. The highest BCUT2D eigenvalue weighted by Gasteiger charge is 2.06. The first-order chi connectivity index (χ1) is 5.25. The van der Waals surface area contributed by atoms with E-state index in [1.165, 1.54) is 5.56 Å². The van der Waals surface area contributed by atoms with Gasteiger partial charge >= 0.3 is 0 Å². The van der Waals surface area contributed by atoms with Crippen LogP contribution in [-0.4, -0.2) is 0 Å². The SMILES string of the molecule is CCC(I)c1ccccc1N. The van der Waals surface area contributed by atoms with Crippen molar-refractivity contribution >= 4 is 28.3 Å². The minimum absolute atomic E-state index is 0.550. The molecule has 1 nitrogen and oxygen atoms in total. The van der Waals surface area contributed by atoms with E-state index in [-0.39, 0.29) is 0 Å². The second-order valence-corrected chi connectivity index (χ2v) is 4.01. The molecular formula is C9H12IN. The Balaban J connectivity index is 2.93. The van der Waals surface area contributed by atoms with E-state index in [0.717, 1.165) is 12.1 Å². The predicted molar refractivity (Wildman–Crippen MR) is 57.9 cm³/mol. The fourth-order valence-corrected chi connectivity index (χ4v) is 1.58. The van der Waals surface area contributed by atoms with Crippen LogP contribution in [0.4, 0.5) is 5.69 Å². The normalized spacial score (nSPS) is 12.9. The number of benzene rings is 1. The van der Waals surface area contributed by atoms with Crippen LogP contribution >= 0.6 is 22.6 Å². The maximum Gasteiger partial charge on any atom is 0.0377 e. The third-order valence-electron chi connectivity index (χ3n) is 1.69. The molecule has 0 saturated carbocycles. The minimum atomic E-state index is 0.550. The standard InChI is InChI=1S/C9H12IN/c1-2-8(10)7-5-3-4-6-9(7)11/h3-6,8H,2,11H2,1H3. The Morgan fingerprint density at radius 3 is 2.64 bits per heavy atom. The highest BCUT2D eigenvalue weighted by molar-refractivity contribution is 14.1. The molecule has 1 atom stereocenters. The molecule has 0 radical (unpaired) electrons. The molecular weight excluding hydrogens is 249 g/mol. The van der Waals surface area contributed by atoms with Crippen molar-refractivity contribution in [3.8, 4) is 0 Å². The molecule has 0 aliphatic carbocycles. The molecule has 0 heterocycles. The molecule has 11 heavy (non-hydrogen) atoms. The molecule has 0 aromatic heterocycles. The number of halogens is 1. The predicted octanol–water partition coefficient (Wildman–Crippen LogP) is 3.15. The highest BCUT2D eigenvalue weighted by atomic mass is 127. The molecule has 0 amide bonds. The maximum absolute atomic E-state index is 5.79. The molecule has 1 aromatic carbocycles. The molecule has 0 bridgehead atoms. The summed E-state index contributed by atoms with van der Waals surface area (Å²) in [4.78, 5) is 0. The van der Waals surface area contributed by atoms with E-state index < -0.39 is 0 Å². The Labute approximate surface area is 81.1 Å². The molecule has 0 aliphatic rings. The lowest BCUT2D eigenvalue weighted by molar-refractivity contribution is 0.930. The van der Waals surface area contributed by atoms with E-state index in [9.17, 15) is 0 Å². The van der Waals surface area contributed by atoms with Crippen LogP contribution in [0.15, 0.2) is 24.3 Å². The highest BCUT2D eigenvalue weighted by Crippen LogP contribution is 2.30. The lowest BCUT2D eigenvalue weighted by atomic mass is 10.1. The monoisotopic (exact) mass is 261 g/mol. The summed E-state index contributed by atoms with van der Waals surface area (Å²) in [5.74, 6) is 0. The zero-order valence-electron chi connectivity index (χ0n) is 6.55. The molecule has 0 aliphatic heterocycles. The Morgan fingerprint density at radius 2 is 2.09 bits per heavy atom. The van der Waals surface area contributed by atoms with Crippen molar-refractivity contribution in [2.24, 2.45) is 0 Å². The Kier molecular flexibility index (Phi) is 3.17. The van der Waals surface area contributed by atoms with Crippen molar-refractivity contribution in [3.05, 3.63) is 29.8 Å². The van der Waals surface area contributed by atoms with Crippen molar-refractivity contribution in [1.82, 2.24) is 0 Å². The van der Waals surface area contributed by atoms with Crippen LogP contribution in [0.2, 0.25) is 0 Å². The van der Waals surface area contributed by atoms with Crippen molar-refractivity contribution in [2.75, 3.05) is 5.73 Å². The largest absolute Gasteiger partial charge is 0.398 e. The lowest BCUT2D eigenvalue weighted by Gasteiger charge is -2.09. The summed E-state index contributed by atoms with van der Waals surface area (Å²) in [7, 11) is 0. The number of nitrogens with two attached hydrogens (primary N) is 1. The number of hydrogen-bond donors (Lipinski definition) is 1. The third-order valence-corrected chi connectivity index (χ3v) is 3.24. The topological polar surface area (TPSA) is 26.0 Å². The van der Waals surface area contributed by atoms with Gasteiger partial charge in [-0.3, -0.25) is 0 Å². The van der Waals surface area contributed by atoms with Gasteiger partial charge in [0.2, 0.25) is 0 Å². The molecule has 1 aromatic rings. The fraction of sp³-hybridized carbons (Fsp3) is 0.333. The van der Waals surface area contributed by atoms with E-state index in [2.05, 4.69) is 35.6 Å². The zero-order chi connectivity index (χ0) is 8.27. The molecule has 0 saturated heterocycles. The van der Waals surface area contributed by atoms with Gasteiger partial charge in [0.1, 0.15) is 0 Å². The summed E-state index contributed by atoms with van der Waals surface area (Å²) in [5.41, 5.74) is 7.96. The number of rotatable bonds is 2. The smallest absolute Gasteiger partial charge is 0.0377 e. The van der Waals surface area contributed by atoms with Crippen LogP contribution in [0.1, 0.15) is 22.8 Å². The summed E-state index contributed by atoms with van der Waals surface area (Å²) in [6.07, 6.45) is 1.13. The fourth-order valence-electron chi connectivity index (χ4n) is 1.02. The van der Waals surface area contributed by atoms with Crippen LogP contribution in [-0.2, 0) is 0 Å². The third kappa shape index (κ3) is 2.09. The number of alkyl halides is 1. The van der Waals surface area contributed by atoms with Crippen LogP contribution in [0, 0.1) is 0 Å². The number of anilines is 1. The van der Waals surface area contributed by atoms with Gasteiger partial charge in [-0.25, -0.2) is 0 Å². The van der Waals surface area contributed by atoms with Crippen LogP contribution in [0.3, 0.4) is 0 Å². The molecule has 0 fully saturated rings. The van der Waals surface area contributed by atoms with Crippen LogP contribution < -0.4 is 5.73 Å². The molecule has 1 unspecified atom stereocenters. The van der Waals surface area contributed by atoms with Crippen molar-refractivity contribution in [2.45, 2.75) is 17.3 Å². The second-order valence-electron chi connectivity index (χ2n) is 2.50. The lowest BCUT2D eigenvalue weighted by Crippen LogP contribution is -1.94. The van der Waals surface area contributed by atoms with Crippen molar-refractivity contribution in [3.63, 3.8) is 0 Å². The average molecular weight is 261 g/mol. The van der Waals surface area contributed by atoms with E-state index in [4.69, 9.17) is 5.73 Å². The number of hydrogen-bond acceptors (Lipinski definition) is 1. The van der Waals surface area contributed by atoms with E-state index in [0.29, 0.717) is 3.92 Å². The first-order valence-corrected chi connectivity index (χ1v) is 4.98. The van der Waals surface area contributed by atoms with Gasteiger partial charge in [-0.15, -0.1) is 0 Å². The molecule has 1 rings (SSSR count). The minimum Gasteiger partial charge on any atom is -0.398 e. The molecule has 0 spiro atoms. The van der Waals surface area contributed by atoms with Gasteiger partial charge in [-0.2, -0.15) is 0 Å². The van der Waals surface area contributed by atoms with Gasteiger partial charge in [0.15, 0.2) is 0 Å². The van der Waals surface area contributed by atoms with Gasteiger partial charge < -0.3 is 5.73 Å². The van der Waals surface area contributed by atoms with E-state index in [1.807, 2.05) is 18.2 Å². The van der Waals surface area contributed by atoms with Gasteiger partial charge in [-0.05, 0) is 18.1 Å². The summed E-state index contributed by atoms with van der Waals surface area (Å²) in [6.45, 7) is 2.17. The summed E-state index contributed by atoms with van der Waals surface area (Å²) < 4.78 is 0.550. The van der Waals surface area contributed by atoms with E-state index in [1.54, 1.807) is 0 Å². The summed E-state index contributed by atoms with van der Waals surface area (Å²) in [5, 5.41) is 0. The first kappa shape index (κ1) is 8.84. The average Bonchev–Trinajstić information content (AvgIpc) is 2.04. The quantitative estimate of drug-likeness (QED) is 0.494. The molecule has 60 valence electrons.